The maximum absolute atomic E-state index is 14.0. The minimum atomic E-state index is -1.32. The Balaban J connectivity index is 1.52. The first-order valence-corrected chi connectivity index (χ1v) is 16.7. The molecule has 0 aromatic heterocycles. The van der Waals surface area contributed by atoms with Gasteiger partial charge < -0.3 is 31.1 Å². The molecule has 2 fully saturated rings. The Bertz CT molecular complexity index is 1520. The Morgan fingerprint density at radius 2 is 1.49 bits per heavy atom. The summed E-state index contributed by atoms with van der Waals surface area (Å²) in [5.41, 5.74) is 1.67. The molecule has 12 heteroatoms. The fourth-order valence-corrected chi connectivity index (χ4v) is 7.95. The minimum Gasteiger partial charge on any atom is -0.478 e. The first-order valence-electron chi connectivity index (χ1n) is 15.1. The molecule has 3 unspecified atom stereocenters. The van der Waals surface area contributed by atoms with Crippen molar-refractivity contribution in [1.29, 1.82) is 0 Å². The summed E-state index contributed by atoms with van der Waals surface area (Å²) in [6, 6.07) is 14.5. The molecule has 0 bridgehead atoms. The molecule has 2 aromatic carbocycles. The second kappa shape index (κ2) is 14.8. The number of halogens is 2. The molecule has 3 heterocycles. The molecule has 3 aliphatic rings. The van der Waals surface area contributed by atoms with Gasteiger partial charge >= 0.3 is 11.9 Å². The quantitative estimate of drug-likeness (QED) is 0.231. The fraction of sp³-hybridized carbons (Fsp3) is 0.394. The molecule has 45 heavy (non-hydrogen) atoms. The lowest BCUT2D eigenvalue weighted by molar-refractivity contribution is -0.135. The van der Waals surface area contributed by atoms with E-state index in [2.05, 4.69) is 47.8 Å². The number of dihydropyridines is 1. The lowest BCUT2D eigenvalue weighted by Gasteiger charge is -2.38. The lowest BCUT2D eigenvalue weighted by Crippen LogP contribution is -2.55. The van der Waals surface area contributed by atoms with E-state index in [1.807, 2.05) is 30.3 Å². The maximum atomic E-state index is 14.0. The summed E-state index contributed by atoms with van der Waals surface area (Å²) in [7, 11) is 0. The summed E-state index contributed by atoms with van der Waals surface area (Å²) < 4.78 is 1.08. The Hall–Kier alpha value is -3.32. The van der Waals surface area contributed by atoms with Gasteiger partial charge in [0.25, 0.3) is 0 Å². The zero-order valence-corrected chi connectivity index (χ0v) is 27.8. The van der Waals surface area contributed by atoms with Gasteiger partial charge in [-0.3, -0.25) is 9.59 Å². The van der Waals surface area contributed by atoms with E-state index >= 15 is 0 Å². The number of Topliss-reactive ketones (excluding diaryl/α,β-unsaturated/α-hetero) is 1. The highest BCUT2D eigenvalue weighted by atomic mass is 79.9. The number of carbonyl (C=O) groups is 4. The number of nitrogens with one attached hydrogen (secondary N) is 3. The van der Waals surface area contributed by atoms with Gasteiger partial charge in [-0.2, -0.15) is 0 Å². The number of rotatable bonds is 11. The highest BCUT2D eigenvalue weighted by Crippen LogP contribution is 2.45. The normalized spacial score (nSPS) is 21.9. The van der Waals surface area contributed by atoms with Crippen LogP contribution in [0.1, 0.15) is 42.7 Å². The molecule has 10 nitrogen and oxygen atoms in total. The second-order valence-electron chi connectivity index (χ2n) is 11.6. The Labute approximate surface area is 278 Å². The number of carboxylic acid groups (broad SMARTS) is 2. The van der Waals surface area contributed by atoms with Crippen LogP contribution in [0.3, 0.4) is 0 Å². The number of hydrogen-bond acceptors (Lipinski definition) is 7. The Morgan fingerprint density at radius 3 is 2.13 bits per heavy atom. The molecule has 3 aliphatic heterocycles. The summed E-state index contributed by atoms with van der Waals surface area (Å²) in [6.45, 7) is 2.84. The fourth-order valence-electron chi connectivity index (χ4n) is 6.49. The standard InChI is InChI=1S/C33H36Br2N4O6/c34-22-7-4-8-23(35)28(22)31-29(32(42)43)24(10-9-19-5-2-1-3-6-19)38-25(30(31)33(44)45)16-27(41)39-14-13-37-18-21(39)15-26(40)20-11-12-36-17-20/h1-8,20-21,31,36-38H,9-18H2,(H,42,43)(H,44,45). The molecule has 0 aliphatic carbocycles. The number of ketones is 1. The van der Waals surface area contributed by atoms with Gasteiger partial charge in [0.05, 0.1) is 29.5 Å². The van der Waals surface area contributed by atoms with Crippen LogP contribution in [-0.2, 0) is 25.6 Å². The molecule has 0 radical (unpaired) electrons. The maximum Gasteiger partial charge on any atom is 0.334 e. The van der Waals surface area contributed by atoms with Crippen LogP contribution in [-0.4, -0.2) is 77.5 Å². The van der Waals surface area contributed by atoms with E-state index < -0.39 is 17.9 Å². The van der Waals surface area contributed by atoms with Crippen molar-refractivity contribution in [2.75, 3.05) is 32.7 Å². The van der Waals surface area contributed by atoms with E-state index in [1.54, 1.807) is 23.1 Å². The van der Waals surface area contributed by atoms with Crippen LogP contribution in [0.5, 0.6) is 0 Å². The molecule has 5 N–H and O–H groups in total. The van der Waals surface area contributed by atoms with Crippen LogP contribution < -0.4 is 16.0 Å². The first-order chi connectivity index (χ1) is 21.7. The van der Waals surface area contributed by atoms with Crippen molar-refractivity contribution in [3.05, 3.63) is 91.1 Å². The van der Waals surface area contributed by atoms with Gasteiger partial charge in [0.2, 0.25) is 5.91 Å². The second-order valence-corrected chi connectivity index (χ2v) is 13.3. The number of carbonyl (C=O) groups excluding carboxylic acids is 2. The van der Waals surface area contributed by atoms with Crippen molar-refractivity contribution < 1.29 is 29.4 Å². The topological polar surface area (TPSA) is 148 Å². The number of aryl methyl sites for hydroxylation is 1. The molecule has 2 aromatic rings. The van der Waals surface area contributed by atoms with Gasteiger partial charge in [-0.1, -0.05) is 68.3 Å². The van der Waals surface area contributed by atoms with Crippen LogP contribution in [0.2, 0.25) is 0 Å². The predicted molar refractivity (Wildman–Crippen MR) is 175 cm³/mol. The van der Waals surface area contributed by atoms with Gasteiger partial charge in [-0.25, -0.2) is 9.59 Å². The van der Waals surface area contributed by atoms with Crippen LogP contribution in [0.4, 0.5) is 0 Å². The lowest BCUT2D eigenvalue weighted by atomic mass is 9.78. The molecule has 0 spiro atoms. The van der Waals surface area contributed by atoms with Crippen LogP contribution in [0, 0.1) is 5.92 Å². The predicted octanol–water partition coefficient (Wildman–Crippen LogP) is 3.97. The Morgan fingerprint density at radius 1 is 0.822 bits per heavy atom. The number of benzene rings is 2. The van der Waals surface area contributed by atoms with E-state index in [-0.39, 0.29) is 59.8 Å². The molecular formula is C33H36Br2N4O6. The number of piperazine rings is 1. The average Bonchev–Trinajstić information content (AvgIpc) is 3.56. The average molecular weight is 744 g/mol. The third kappa shape index (κ3) is 7.57. The number of carboxylic acids is 2. The highest BCUT2D eigenvalue weighted by molar-refractivity contribution is 9.11. The van der Waals surface area contributed by atoms with E-state index in [0.29, 0.717) is 52.8 Å². The van der Waals surface area contributed by atoms with Gasteiger partial charge in [-0.15, -0.1) is 0 Å². The third-order valence-electron chi connectivity index (χ3n) is 8.74. The minimum absolute atomic E-state index is 0.0690. The van der Waals surface area contributed by atoms with Gasteiger partial charge in [0.15, 0.2) is 0 Å². The SMILES string of the molecule is O=C(O)C1=C(CCc2ccccc2)NC(CC(=O)N2CCNCC2CC(=O)C2CCNC2)=C(C(=O)O)C1c1c(Br)cccc1Br. The summed E-state index contributed by atoms with van der Waals surface area (Å²) in [5, 5.41) is 30.8. The molecule has 5 rings (SSSR count). The van der Waals surface area contributed by atoms with E-state index in [4.69, 9.17) is 0 Å². The van der Waals surface area contributed by atoms with Crippen LogP contribution in [0.25, 0.3) is 0 Å². The van der Waals surface area contributed by atoms with E-state index in [1.165, 1.54) is 0 Å². The van der Waals surface area contributed by atoms with Gasteiger partial charge in [0.1, 0.15) is 5.78 Å². The smallest absolute Gasteiger partial charge is 0.334 e. The number of allylic oxidation sites excluding steroid dienone is 1. The van der Waals surface area contributed by atoms with Crippen molar-refractivity contribution >= 4 is 55.5 Å². The van der Waals surface area contributed by atoms with Crippen molar-refractivity contribution in [2.24, 2.45) is 5.92 Å². The van der Waals surface area contributed by atoms with Gasteiger partial charge in [-0.05, 0) is 49.1 Å². The van der Waals surface area contributed by atoms with Crippen molar-refractivity contribution in [3.63, 3.8) is 0 Å². The van der Waals surface area contributed by atoms with E-state index in [0.717, 1.165) is 18.5 Å². The Kier molecular flexibility index (Phi) is 10.9. The van der Waals surface area contributed by atoms with Crippen LogP contribution in [0.15, 0.2) is 80.0 Å². The molecular weight excluding hydrogens is 708 g/mol. The van der Waals surface area contributed by atoms with Crippen molar-refractivity contribution in [2.45, 2.75) is 44.1 Å². The number of hydrogen-bond donors (Lipinski definition) is 5. The number of aliphatic carboxylic acids is 2. The summed E-state index contributed by atoms with van der Waals surface area (Å²) >= 11 is 7.05. The summed E-state index contributed by atoms with van der Waals surface area (Å²) in [5.74, 6) is -4.01. The summed E-state index contributed by atoms with van der Waals surface area (Å²) in [4.78, 5) is 54.6. The molecule has 3 atom stereocenters. The van der Waals surface area contributed by atoms with Crippen molar-refractivity contribution in [3.8, 4) is 0 Å². The zero-order chi connectivity index (χ0) is 32.1. The largest absolute Gasteiger partial charge is 0.478 e. The summed E-state index contributed by atoms with van der Waals surface area (Å²) in [6.07, 6.45) is 1.51. The third-order valence-corrected chi connectivity index (χ3v) is 10.1. The number of nitrogens with zero attached hydrogens (tertiary/aromatic N) is 1. The zero-order valence-electron chi connectivity index (χ0n) is 24.7. The molecule has 1 amide bonds. The van der Waals surface area contributed by atoms with E-state index in [9.17, 15) is 29.4 Å². The molecule has 238 valence electrons. The molecule has 0 saturated carbocycles. The van der Waals surface area contributed by atoms with Crippen molar-refractivity contribution in [1.82, 2.24) is 20.9 Å². The first kappa shape index (κ1) is 33.1. The number of amides is 1. The van der Waals surface area contributed by atoms with Crippen LogP contribution >= 0.6 is 31.9 Å². The molecule has 2 saturated heterocycles. The monoisotopic (exact) mass is 742 g/mol. The van der Waals surface area contributed by atoms with Gasteiger partial charge in [0, 0.05) is 58.9 Å². The highest BCUT2D eigenvalue weighted by Gasteiger charge is 2.41.